The molecule has 0 bridgehead atoms. The van der Waals surface area contributed by atoms with E-state index in [-0.39, 0.29) is 11.7 Å². The molecule has 2 aliphatic heterocycles. The summed E-state index contributed by atoms with van der Waals surface area (Å²) in [5.41, 5.74) is 6.36. The Hall–Kier alpha value is -0.680. The number of nitrogen functional groups attached to an aromatic ring is 1. The van der Waals surface area contributed by atoms with Gasteiger partial charge in [0.05, 0.1) is 27.9 Å². The molecule has 3 rings (SSSR count). The topological polar surface area (TPSA) is 53.7 Å². The zero-order valence-electron chi connectivity index (χ0n) is 11.7. The summed E-state index contributed by atoms with van der Waals surface area (Å²) in [4.78, 5) is 0. The SMILES string of the molecule is Nc1cc(Cl)c(Cl)cc1OC1CCOC2(CCOCC2)C1. The van der Waals surface area contributed by atoms with E-state index in [1.165, 1.54) is 0 Å². The summed E-state index contributed by atoms with van der Waals surface area (Å²) in [6, 6.07) is 3.31. The second-order valence-corrected chi connectivity index (χ2v) is 6.50. The molecule has 1 aromatic carbocycles. The van der Waals surface area contributed by atoms with Gasteiger partial charge in [0, 0.05) is 32.1 Å². The van der Waals surface area contributed by atoms with Gasteiger partial charge in [-0.25, -0.2) is 0 Å². The molecule has 1 spiro atoms. The lowest BCUT2D eigenvalue weighted by atomic mass is 9.85. The Morgan fingerprint density at radius 3 is 2.62 bits per heavy atom. The van der Waals surface area contributed by atoms with Gasteiger partial charge >= 0.3 is 0 Å². The van der Waals surface area contributed by atoms with Gasteiger partial charge in [-0.05, 0) is 18.9 Å². The van der Waals surface area contributed by atoms with Gasteiger partial charge in [0.2, 0.25) is 0 Å². The standard InChI is InChI=1S/C15H19Cl2NO3/c16-11-7-13(18)14(8-12(11)17)21-10-1-4-20-15(9-10)2-5-19-6-3-15/h7-8,10H,1-6,9,18H2. The molecule has 1 aromatic rings. The third-order valence-electron chi connectivity index (χ3n) is 4.20. The molecule has 116 valence electrons. The van der Waals surface area contributed by atoms with Crippen molar-refractivity contribution in [2.24, 2.45) is 0 Å². The van der Waals surface area contributed by atoms with Crippen LogP contribution in [0.25, 0.3) is 0 Å². The molecule has 2 N–H and O–H groups in total. The molecule has 0 aliphatic carbocycles. The number of ether oxygens (including phenoxy) is 3. The summed E-state index contributed by atoms with van der Waals surface area (Å²) in [5.74, 6) is 0.596. The van der Waals surface area contributed by atoms with Crippen molar-refractivity contribution in [3.63, 3.8) is 0 Å². The Balaban J connectivity index is 1.71. The molecule has 4 nitrogen and oxygen atoms in total. The fourth-order valence-electron chi connectivity index (χ4n) is 3.00. The van der Waals surface area contributed by atoms with E-state index >= 15 is 0 Å². The zero-order valence-corrected chi connectivity index (χ0v) is 13.3. The largest absolute Gasteiger partial charge is 0.488 e. The molecule has 2 aliphatic rings. The highest BCUT2D eigenvalue weighted by atomic mass is 35.5. The van der Waals surface area contributed by atoms with Gasteiger partial charge in [0.25, 0.3) is 0 Å². The van der Waals surface area contributed by atoms with Crippen molar-refractivity contribution < 1.29 is 14.2 Å². The molecule has 6 heteroatoms. The molecule has 2 fully saturated rings. The Morgan fingerprint density at radius 2 is 1.86 bits per heavy atom. The van der Waals surface area contributed by atoms with E-state index in [1.54, 1.807) is 12.1 Å². The minimum Gasteiger partial charge on any atom is -0.488 e. The van der Waals surface area contributed by atoms with E-state index in [4.69, 9.17) is 43.1 Å². The first kappa shape index (κ1) is 15.2. The molecule has 1 atom stereocenters. The Kier molecular flexibility index (Phi) is 4.50. The predicted octanol–water partition coefficient (Wildman–Crippen LogP) is 3.68. The van der Waals surface area contributed by atoms with Crippen LogP contribution >= 0.6 is 23.2 Å². The summed E-state index contributed by atoms with van der Waals surface area (Å²) in [6.45, 7) is 2.20. The normalized spacial score (nSPS) is 25.0. The van der Waals surface area contributed by atoms with E-state index in [9.17, 15) is 0 Å². The smallest absolute Gasteiger partial charge is 0.144 e. The van der Waals surface area contributed by atoms with Crippen LogP contribution in [0.3, 0.4) is 0 Å². The molecule has 2 heterocycles. The lowest BCUT2D eigenvalue weighted by Gasteiger charge is -2.43. The summed E-state index contributed by atoms with van der Waals surface area (Å²) >= 11 is 12.0. The number of hydrogen-bond donors (Lipinski definition) is 1. The maximum Gasteiger partial charge on any atom is 0.144 e. The van der Waals surface area contributed by atoms with Crippen LogP contribution < -0.4 is 10.5 Å². The molecular formula is C15H19Cl2NO3. The predicted molar refractivity (Wildman–Crippen MR) is 83.3 cm³/mol. The van der Waals surface area contributed by atoms with Crippen LogP contribution in [0.5, 0.6) is 5.75 Å². The summed E-state index contributed by atoms with van der Waals surface area (Å²) in [5, 5.41) is 0.892. The maximum absolute atomic E-state index is 6.06. The second-order valence-electron chi connectivity index (χ2n) is 5.68. The van der Waals surface area contributed by atoms with Gasteiger partial charge in [0.1, 0.15) is 11.9 Å². The molecule has 0 amide bonds. The van der Waals surface area contributed by atoms with Crippen molar-refractivity contribution in [1.29, 1.82) is 0 Å². The second kappa shape index (κ2) is 6.21. The monoisotopic (exact) mass is 331 g/mol. The number of nitrogens with two attached hydrogens (primary N) is 1. The number of halogens is 2. The van der Waals surface area contributed by atoms with Crippen LogP contribution in [-0.4, -0.2) is 31.5 Å². The molecular weight excluding hydrogens is 313 g/mol. The molecule has 2 saturated heterocycles. The fraction of sp³-hybridized carbons (Fsp3) is 0.600. The van der Waals surface area contributed by atoms with Gasteiger partial charge < -0.3 is 19.9 Å². The highest BCUT2D eigenvalue weighted by Crippen LogP contribution is 2.38. The van der Waals surface area contributed by atoms with E-state index in [1.807, 2.05) is 0 Å². The van der Waals surface area contributed by atoms with Crippen molar-refractivity contribution in [3.8, 4) is 5.75 Å². The summed E-state index contributed by atoms with van der Waals surface area (Å²) in [7, 11) is 0. The van der Waals surface area contributed by atoms with E-state index in [0.717, 1.165) is 38.9 Å². The lowest BCUT2D eigenvalue weighted by Crippen LogP contribution is -2.47. The van der Waals surface area contributed by atoms with Crippen molar-refractivity contribution in [2.45, 2.75) is 37.4 Å². The van der Waals surface area contributed by atoms with Crippen molar-refractivity contribution in [2.75, 3.05) is 25.6 Å². The molecule has 21 heavy (non-hydrogen) atoms. The van der Waals surface area contributed by atoms with Gasteiger partial charge in [-0.2, -0.15) is 0 Å². The lowest BCUT2D eigenvalue weighted by molar-refractivity contribution is -0.155. The van der Waals surface area contributed by atoms with Gasteiger partial charge in [0.15, 0.2) is 0 Å². The van der Waals surface area contributed by atoms with Crippen LogP contribution in [0.15, 0.2) is 12.1 Å². The van der Waals surface area contributed by atoms with E-state index < -0.39 is 0 Å². The van der Waals surface area contributed by atoms with Crippen LogP contribution in [0.2, 0.25) is 10.0 Å². The highest BCUT2D eigenvalue weighted by molar-refractivity contribution is 6.42. The number of anilines is 1. The van der Waals surface area contributed by atoms with Crippen LogP contribution in [0.1, 0.15) is 25.7 Å². The minimum atomic E-state index is -0.105. The summed E-state index contributed by atoms with van der Waals surface area (Å²) in [6.07, 6.45) is 3.63. The van der Waals surface area contributed by atoms with Crippen LogP contribution in [-0.2, 0) is 9.47 Å². The average Bonchev–Trinajstić information content (AvgIpc) is 2.46. The zero-order chi connectivity index (χ0) is 14.9. The van der Waals surface area contributed by atoms with Gasteiger partial charge in [-0.1, -0.05) is 23.2 Å². The van der Waals surface area contributed by atoms with Crippen LogP contribution in [0.4, 0.5) is 5.69 Å². The van der Waals surface area contributed by atoms with E-state index in [2.05, 4.69) is 0 Å². The maximum atomic E-state index is 6.06. The highest BCUT2D eigenvalue weighted by Gasteiger charge is 2.40. The first-order valence-corrected chi connectivity index (χ1v) is 7.96. The summed E-state index contributed by atoms with van der Waals surface area (Å²) < 4.78 is 17.5. The van der Waals surface area contributed by atoms with Gasteiger partial charge in [-0.3, -0.25) is 0 Å². The minimum absolute atomic E-state index is 0.0800. The molecule has 0 saturated carbocycles. The fourth-order valence-corrected chi connectivity index (χ4v) is 3.33. The molecule has 0 radical (unpaired) electrons. The van der Waals surface area contributed by atoms with Crippen molar-refractivity contribution in [3.05, 3.63) is 22.2 Å². The van der Waals surface area contributed by atoms with Crippen LogP contribution in [0, 0.1) is 0 Å². The Labute approximate surface area is 134 Å². The quantitative estimate of drug-likeness (QED) is 0.840. The Bertz CT molecular complexity index is 512. The number of rotatable bonds is 2. The molecule has 1 unspecified atom stereocenters. The number of benzene rings is 1. The first-order valence-electron chi connectivity index (χ1n) is 7.21. The van der Waals surface area contributed by atoms with Crippen molar-refractivity contribution in [1.82, 2.24) is 0 Å². The average molecular weight is 332 g/mol. The third kappa shape index (κ3) is 3.39. The molecule has 0 aromatic heterocycles. The third-order valence-corrected chi connectivity index (χ3v) is 4.92. The van der Waals surface area contributed by atoms with Crippen molar-refractivity contribution >= 4 is 28.9 Å². The van der Waals surface area contributed by atoms with E-state index in [0.29, 0.717) is 28.1 Å². The van der Waals surface area contributed by atoms with Gasteiger partial charge in [-0.15, -0.1) is 0 Å². The Morgan fingerprint density at radius 1 is 1.14 bits per heavy atom. The first-order chi connectivity index (χ1) is 10.1. The number of hydrogen-bond acceptors (Lipinski definition) is 4.